The summed E-state index contributed by atoms with van der Waals surface area (Å²) >= 11 is 1.50. The summed E-state index contributed by atoms with van der Waals surface area (Å²) in [6, 6.07) is 14.5. The zero-order chi connectivity index (χ0) is 20.3. The molecule has 2 N–H and O–H groups in total. The molecule has 3 rings (SSSR count). The number of thioether (sulfide) groups is 1. The number of hydrogen-bond acceptors (Lipinski definition) is 6. The van der Waals surface area contributed by atoms with Crippen LogP contribution in [-0.4, -0.2) is 23.7 Å². The largest absolute Gasteiger partial charge is 0.369 e. The van der Waals surface area contributed by atoms with Gasteiger partial charge in [-0.3, -0.25) is 4.79 Å². The van der Waals surface area contributed by atoms with Crippen molar-refractivity contribution in [3.05, 3.63) is 48.0 Å². The molecule has 0 fully saturated rings. The normalized spacial score (nSPS) is 16.4. The number of nitrogens with zero attached hydrogens (tertiary/aromatic N) is 1. The van der Waals surface area contributed by atoms with Crippen LogP contribution in [0.2, 0.25) is 0 Å². The van der Waals surface area contributed by atoms with E-state index in [2.05, 4.69) is 16.9 Å². The first-order valence-corrected chi connectivity index (χ1v) is 9.82. The molecule has 0 saturated carbocycles. The Morgan fingerprint density at radius 2 is 2.04 bits per heavy atom. The number of hydroxylamine groups is 1. The Bertz CT molecular complexity index is 960. The molecule has 2 aromatic carbocycles. The van der Waals surface area contributed by atoms with E-state index in [9.17, 15) is 9.59 Å². The van der Waals surface area contributed by atoms with Crippen LogP contribution in [0.3, 0.4) is 0 Å². The van der Waals surface area contributed by atoms with Gasteiger partial charge >= 0.3 is 5.97 Å². The molecule has 1 atom stereocenters. The Balaban J connectivity index is 1.83. The van der Waals surface area contributed by atoms with Gasteiger partial charge < -0.3 is 10.2 Å². The molecule has 7 heteroatoms. The zero-order valence-electron chi connectivity index (χ0n) is 15.9. The highest BCUT2D eigenvalue weighted by Gasteiger charge is 2.29. The third-order valence-corrected chi connectivity index (χ3v) is 5.42. The lowest BCUT2D eigenvalue weighted by molar-refractivity contribution is -0.162. The quantitative estimate of drug-likeness (QED) is 0.770. The predicted octanol–water partition coefficient (Wildman–Crippen LogP) is 3.73. The predicted molar refractivity (Wildman–Crippen MR) is 108 cm³/mol. The molecule has 144 valence electrons. The molecular formula is C21H21N3O3S. The molecule has 0 spiro atoms. The average Bonchev–Trinajstić information content (AvgIpc) is 2.83. The molecule has 1 aliphatic rings. The van der Waals surface area contributed by atoms with Gasteiger partial charge in [0.05, 0.1) is 22.7 Å². The minimum Gasteiger partial charge on any atom is -0.369 e. The van der Waals surface area contributed by atoms with Gasteiger partial charge in [0.25, 0.3) is 0 Å². The minimum atomic E-state index is -0.679. The summed E-state index contributed by atoms with van der Waals surface area (Å²) in [5, 5.41) is 12.1. The number of amides is 1. The number of anilines is 1. The summed E-state index contributed by atoms with van der Waals surface area (Å²) in [5.41, 5.74) is 5.06. The van der Waals surface area contributed by atoms with Gasteiger partial charge in [0.2, 0.25) is 5.91 Å². The van der Waals surface area contributed by atoms with Crippen LogP contribution >= 0.6 is 11.8 Å². The minimum absolute atomic E-state index is 0.268. The second-order valence-corrected chi connectivity index (χ2v) is 8.52. The van der Waals surface area contributed by atoms with E-state index in [-0.39, 0.29) is 5.91 Å². The van der Waals surface area contributed by atoms with Crippen LogP contribution in [0, 0.1) is 16.7 Å². The molecule has 0 bridgehead atoms. The molecule has 2 aromatic rings. The Morgan fingerprint density at radius 1 is 1.29 bits per heavy atom. The zero-order valence-corrected chi connectivity index (χ0v) is 16.7. The summed E-state index contributed by atoms with van der Waals surface area (Å²) in [4.78, 5) is 30.6. The highest BCUT2D eigenvalue weighted by Crippen LogP contribution is 2.39. The summed E-state index contributed by atoms with van der Waals surface area (Å²) < 4.78 is 0. The van der Waals surface area contributed by atoms with Gasteiger partial charge in [-0.05, 0) is 50.1 Å². The number of benzene rings is 2. The fraction of sp³-hybridized carbons (Fsp3) is 0.286. The van der Waals surface area contributed by atoms with E-state index >= 15 is 0 Å². The average molecular weight is 395 g/mol. The molecule has 1 unspecified atom stereocenters. The fourth-order valence-electron chi connectivity index (χ4n) is 2.60. The molecule has 0 aromatic heterocycles. The van der Waals surface area contributed by atoms with Gasteiger partial charge in [0.15, 0.2) is 0 Å². The molecule has 6 nitrogen and oxygen atoms in total. The van der Waals surface area contributed by atoms with Crippen molar-refractivity contribution < 1.29 is 14.4 Å². The topological polar surface area (TPSA) is 91.2 Å². The number of fused-ring (bicyclic) bond motifs is 1. The van der Waals surface area contributed by atoms with Crippen molar-refractivity contribution in [2.75, 3.05) is 11.1 Å². The second-order valence-electron chi connectivity index (χ2n) is 7.49. The smallest absolute Gasteiger partial charge is 0.330 e. The van der Waals surface area contributed by atoms with Crippen molar-refractivity contribution in [3.8, 4) is 17.2 Å². The lowest BCUT2D eigenvalue weighted by atomic mass is 9.98. The molecule has 28 heavy (non-hydrogen) atoms. The molecule has 1 amide bonds. The maximum atomic E-state index is 12.6. The van der Waals surface area contributed by atoms with Crippen molar-refractivity contribution in [1.82, 2.24) is 5.48 Å². The summed E-state index contributed by atoms with van der Waals surface area (Å²) in [7, 11) is 0. The number of nitriles is 1. The first-order chi connectivity index (χ1) is 13.3. The van der Waals surface area contributed by atoms with Crippen LogP contribution in [-0.2, 0) is 14.4 Å². The number of rotatable bonds is 3. The summed E-state index contributed by atoms with van der Waals surface area (Å²) in [6.07, 6.45) is 0. The monoisotopic (exact) mass is 395 g/mol. The lowest BCUT2D eigenvalue weighted by Crippen LogP contribution is -2.44. The standard InChI is InChI=1S/C21H21N3O3S/c1-21(2,3)20(26)27-24-17-12-28-18-15(8-5-9-16(18)23-19(17)25)14-7-4-6-13(10-14)11-22/h4-10,17,24H,12H2,1-3H3,(H,23,25). The highest BCUT2D eigenvalue weighted by atomic mass is 32.2. The van der Waals surface area contributed by atoms with Crippen molar-refractivity contribution in [2.24, 2.45) is 5.41 Å². The Hall–Kier alpha value is -2.82. The molecule has 0 saturated heterocycles. The van der Waals surface area contributed by atoms with E-state index in [1.165, 1.54) is 11.8 Å². The van der Waals surface area contributed by atoms with Gasteiger partial charge in [-0.15, -0.1) is 17.2 Å². The number of hydrogen-bond donors (Lipinski definition) is 2. The van der Waals surface area contributed by atoms with Gasteiger partial charge in [-0.1, -0.05) is 24.3 Å². The van der Waals surface area contributed by atoms with Crippen LogP contribution in [0.4, 0.5) is 5.69 Å². The van der Waals surface area contributed by atoms with Crippen molar-refractivity contribution in [1.29, 1.82) is 5.26 Å². The number of carbonyl (C=O) groups excluding carboxylic acids is 2. The Kier molecular flexibility index (Phi) is 5.73. The van der Waals surface area contributed by atoms with Gasteiger partial charge in [-0.25, -0.2) is 4.79 Å². The first kappa shape index (κ1) is 19.9. The maximum Gasteiger partial charge on any atom is 0.330 e. The van der Waals surface area contributed by atoms with Gasteiger partial charge in [-0.2, -0.15) is 5.26 Å². The van der Waals surface area contributed by atoms with Crippen LogP contribution in [0.15, 0.2) is 47.4 Å². The van der Waals surface area contributed by atoms with Crippen molar-refractivity contribution in [3.63, 3.8) is 0 Å². The van der Waals surface area contributed by atoms with E-state index in [4.69, 9.17) is 10.1 Å². The lowest BCUT2D eigenvalue weighted by Gasteiger charge is -2.19. The van der Waals surface area contributed by atoms with E-state index in [0.717, 1.165) is 16.0 Å². The fourth-order valence-corrected chi connectivity index (χ4v) is 3.77. The van der Waals surface area contributed by atoms with E-state index in [1.807, 2.05) is 36.4 Å². The molecule has 0 radical (unpaired) electrons. The SMILES string of the molecule is CC(C)(C)C(=O)ONC1CSc2c(cccc2-c2cccc(C#N)c2)NC1=O. The van der Waals surface area contributed by atoms with E-state index < -0.39 is 17.4 Å². The highest BCUT2D eigenvalue weighted by molar-refractivity contribution is 7.99. The summed E-state index contributed by atoms with van der Waals surface area (Å²) in [5.74, 6) is -0.303. The third-order valence-electron chi connectivity index (χ3n) is 4.19. The summed E-state index contributed by atoms with van der Waals surface area (Å²) in [6.45, 7) is 5.24. The van der Waals surface area contributed by atoms with Crippen molar-refractivity contribution >= 4 is 29.3 Å². The second kappa shape index (κ2) is 8.05. The number of nitrogens with one attached hydrogen (secondary N) is 2. The molecule has 1 aliphatic heterocycles. The third kappa shape index (κ3) is 4.35. The van der Waals surface area contributed by atoms with E-state index in [0.29, 0.717) is 17.0 Å². The van der Waals surface area contributed by atoms with Gasteiger partial charge in [0.1, 0.15) is 6.04 Å². The molecular weight excluding hydrogens is 374 g/mol. The van der Waals surface area contributed by atoms with Crippen LogP contribution in [0.5, 0.6) is 0 Å². The van der Waals surface area contributed by atoms with E-state index in [1.54, 1.807) is 26.8 Å². The van der Waals surface area contributed by atoms with Crippen LogP contribution < -0.4 is 10.8 Å². The molecule has 0 aliphatic carbocycles. The van der Waals surface area contributed by atoms with Crippen LogP contribution in [0.1, 0.15) is 26.3 Å². The number of carbonyl (C=O) groups is 2. The Labute approximate surface area is 168 Å². The first-order valence-electron chi connectivity index (χ1n) is 8.83. The Morgan fingerprint density at radius 3 is 2.75 bits per heavy atom. The molecule has 1 heterocycles. The van der Waals surface area contributed by atoms with Gasteiger partial charge in [0, 0.05) is 10.6 Å². The maximum absolute atomic E-state index is 12.6. The van der Waals surface area contributed by atoms with Crippen molar-refractivity contribution in [2.45, 2.75) is 31.7 Å². The van der Waals surface area contributed by atoms with Crippen LogP contribution in [0.25, 0.3) is 11.1 Å².